The van der Waals surface area contributed by atoms with Crippen LogP contribution >= 0.6 is 11.6 Å². The van der Waals surface area contributed by atoms with Crippen molar-refractivity contribution in [1.29, 1.82) is 0 Å². The third-order valence-electron chi connectivity index (χ3n) is 6.53. The number of hydrogen-bond donors (Lipinski definition) is 6. The Morgan fingerprint density at radius 1 is 1.21 bits per heavy atom. The number of benzene rings is 2. The van der Waals surface area contributed by atoms with E-state index in [2.05, 4.69) is 35.8 Å². The van der Waals surface area contributed by atoms with Gasteiger partial charge in [-0.1, -0.05) is 24.4 Å². The molecule has 0 radical (unpaired) electrons. The van der Waals surface area contributed by atoms with Crippen molar-refractivity contribution in [2.45, 2.75) is 38.1 Å². The molecule has 0 saturated carbocycles. The van der Waals surface area contributed by atoms with Crippen molar-refractivity contribution in [3.63, 3.8) is 0 Å². The number of imidazole rings is 1. The molecule has 1 aromatic heterocycles. The highest BCUT2D eigenvalue weighted by molar-refractivity contribution is 6.30. The second-order valence-corrected chi connectivity index (χ2v) is 9.91. The van der Waals surface area contributed by atoms with Crippen molar-refractivity contribution in [1.82, 2.24) is 15.3 Å². The van der Waals surface area contributed by atoms with Gasteiger partial charge in [-0.15, -0.1) is 0 Å². The number of nitrogens with zero attached hydrogens (tertiary/aromatic N) is 3. The molecule has 3 aromatic rings. The zero-order chi connectivity index (χ0) is 30.1. The number of methoxy groups -OCH3 is 1. The molecule has 0 saturated heterocycles. The molecule has 13 nitrogen and oxygen atoms in total. The van der Waals surface area contributed by atoms with Crippen LogP contribution in [0.4, 0.5) is 21.9 Å². The second-order valence-electron chi connectivity index (χ2n) is 9.48. The van der Waals surface area contributed by atoms with E-state index in [9.17, 15) is 14.4 Å². The number of nitrogens with one attached hydrogen (secondary N) is 4. The molecule has 42 heavy (non-hydrogen) atoms. The van der Waals surface area contributed by atoms with Crippen molar-refractivity contribution in [2.24, 2.45) is 16.8 Å². The predicted octanol–water partition coefficient (Wildman–Crippen LogP) is 4.26. The molecule has 0 spiro atoms. The van der Waals surface area contributed by atoms with Crippen molar-refractivity contribution in [3.05, 3.63) is 65.1 Å². The van der Waals surface area contributed by atoms with Crippen LogP contribution in [0.25, 0.3) is 17.3 Å². The van der Waals surface area contributed by atoms with Crippen molar-refractivity contribution >= 4 is 59.0 Å². The van der Waals surface area contributed by atoms with E-state index in [-0.39, 0.29) is 11.8 Å². The number of ether oxygens (including phenoxy) is 1. The molecular formula is C28H32ClN9O4. The van der Waals surface area contributed by atoms with Crippen molar-refractivity contribution < 1.29 is 19.1 Å². The number of rotatable bonds is 6. The fraction of sp³-hybridized carbons (Fsp3) is 0.250. The Bertz CT molecular complexity index is 1500. The van der Waals surface area contributed by atoms with Crippen LogP contribution in [0.2, 0.25) is 5.02 Å². The zero-order valence-corrected chi connectivity index (χ0v) is 23.6. The number of hydrazone groups is 1. The van der Waals surface area contributed by atoms with E-state index in [4.69, 9.17) is 23.3 Å². The van der Waals surface area contributed by atoms with Gasteiger partial charge < -0.3 is 26.2 Å². The standard InChI is InChI=1S/C28H32ClN9O4/c1-42-28(41)34-19-9-10-20-22(14-19)36-25(39)6-4-2-3-5-21(27-32-15-23(20)37-27)35-26(40)12-7-17-13-18(29)8-11-24(17)38(31)16-33-30/h7-16,21H,2-6,30-31H2,1H3,(H,32,37)(H,34,41)(H,35,40)(H,36,39)/b12-7+,33-16-/t21-/m0/s1. The van der Waals surface area contributed by atoms with E-state index in [0.717, 1.165) is 12.8 Å². The normalized spacial score (nSPS) is 15.6. The topological polar surface area (TPSA) is 193 Å². The van der Waals surface area contributed by atoms with Gasteiger partial charge in [0.05, 0.1) is 36.4 Å². The number of nitrogens with two attached hydrogens (primary N) is 2. The minimum absolute atomic E-state index is 0.144. The number of halogens is 1. The molecule has 3 amide bonds. The summed E-state index contributed by atoms with van der Waals surface area (Å²) < 4.78 is 4.67. The van der Waals surface area contributed by atoms with Crippen LogP contribution in [-0.2, 0) is 14.3 Å². The smallest absolute Gasteiger partial charge is 0.411 e. The van der Waals surface area contributed by atoms with Gasteiger partial charge in [-0.3, -0.25) is 19.9 Å². The number of amides is 3. The third-order valence-corrected chi connectivity index (χ3v) is 6.76. The van der Waals surface area contributed by atoms with E-state index in [1.165, 1.54) is 24.5 Å². The number of carbonyl (C=O) groups excluding carboxylic acids is 3. The zero-order valence-electron chi connectivity index (χ0n) is 22.9. The molecule has 2 heterocycles. The molecule has 8 N–H and O–H groups in total. The summed E-state index contributed by atoms with van der Waals surface area (Å²) in [6, 6.07) is 9.70. The molecule has 1 aliphatic rings. The van der Waals surface area contributed by atoms with Gasteiger partial charge in [-0.05, 0) is 55.3 Å². The molecule has 14 heteroatoms. The molecule has 220 valence electrons. The van der Waals surface area contributed by atoms with Gasteiger partial charge in [-0.25, -0.2) is 15.6 Å². The van der Waals surface area contributed by atoms with Gasteiger partial charge in [0.2, 0.25) is 11.8 Å². The van der Waals surface area contributed by atoms with E-state index < -0.39 is 12.1 Å². The molecule has 0 unspecified atom stereocenters. The van der Waals surface area contributed by atoms with Crippen LogP contribution in [0.1, 0.15) is 49.5 Å². The Balaban J connectivity index is 1.59. The van der Waals surface area contributed by atoms with Gasteiger partial charge in [0.1, 0.15) is 12.2 Å². The Kier molecular flexibility index (Phi) is 10.1. The molecule has 2 aromatic carbocycles. The van der Waals surface area contributed by atoms with E-state index in [1.54, 1.807) is 48.7 Å². The summed E-state index contributed by atoms with van der Waals surface area (Å²) in [7, 11) is 1.27. The number of anilines is 3. The van der Waals surface area contributed by atoms with Crippen molar-refractivity contribution in [2.75, 3.05) is 22.8 Å². The number of aromatic amines is 1. The lowest BCUT2D eigenvalue weighted by Gasteiger charge is -2.17. The minimum atomic E-state index is -0.626. The summed E-state index contributed by atoms with van der Waals surface area (Å²) >= 11 is 6.16. The van der Waals surface area contributed by atoms with Gasteiger partial charge in [0.25, 0.3) is 0 Å². The van der Waals surface area contributed by atoms with Crippen LogP contribution in [0.5, 0.6) is 0 Å². The van der Waals surface area contributed by atoms with Crippen LogP contribution < -0.4 is 32.6 Å². The highest BCUT2D eigenvalue weighted by Gasteiger charge is 2.20. The maximum atomic E-state index is 13.1. The third kappa shape index (κ3) is 7.86. The van der Waals surface area contributed by atoms with Crippen molar-refractivity contribution in [3.8, 4) is 11.3 Å². The highest BCUT2D eigenvalue weighted by atomic mass is 35.5. The summed E-state index contributed by atoms with van der Waals surface area (Å²) in [6.07, 6.45) is 8.38. The summed E-state index contributed by atoms with van der Waals surface area (Å²) in [5.41, 5.74) is 3.39. The number of hydrogen-bond acceptors (Lipinski definition) is 8. The van der Waals surface area contributed by atoms with Crippen LogP contribution in [0.15, 0.2) is 53.8 Å². The van der Waals surface area contributed by atoms with Gasteiger partial charge in [0.15, 0.2) is 0 Å². The maximum absolute atomic E-state index is 13.1. The molecule has 1 atom stereocenters. The number of aromatic nitrogens is 2. The molecule has 0 fully saturated rings. The highest BCUT2D eigenvalue weighted by Crippen LogP contribution is 2.32. The fourth-order valence-electron chi connectivity index (χ4n) is 4.49. The van der Waals surface area contributed by atoms with Crippen LogP contribution in [-0.4, -0.2) is 41.3 Å². The maximum Gasteiger partial charge on any atom is 0.411 e. The lowest BCUT2D eigenvalue weighted by atomic mass is 10.1. The van der Waals surface area contributed by atoms with Gasteiger partial charge in [-0.2, -0.15) is 5.10 Å². The lowest BCUT2D eigenvalue weighted by molar-refractivity contribution is -0.117. The van der Waals surface area contributed by atoms with E-state index >= 15 is 0 Å². The van der Waals surface area contributed by atoms with Crippen LogP contribution in [0.3, 0.4) is 0 Å². The van der Waals surface area contributed by atoms with Gasteiger partial charge in [0, 0.05) is 34.3 Å². The molecule has 2 bridgehead atoms. The number of fused-ring (bicyclic) bond motifs is 4. The first kappa shape index (κ1) is 30.1. The Hall–Kier alpha value is -4.88. The minimum Gasteiger partial charge on any atom is -0.453 e. The summed E-state index contributed by atoms with van der Waals surface area (Å²) in [5.74, 6) is 11.3. The Morgan fingerprint density at radius 2 is 2.05 bits per heavy atom. The predicted molar refractivity (Wildman–Crippen MR) is 162 cm³/mol. The van der Waals surface area contributed by atoms with E-state index in [1.807, 2.05) is 0 Å². The molecule has 1 aliphatic heterocycles. The number of H-pyrrole nitrogens is 1. The Labute approximate surface area is 247 Å². The first-order chi connectivity index (χ1) is 20.3. The Morgan fingerprint density at radius 3 is 2.83 bits per heavy atom. The monoisotopic (exact) mass is 593 g/mol. The largest absolute Gasteiger partial charge is 0.453 e. The quantitative estimate of drug-likeness (QED) is 0.0801. The number of hydrazine groups is 1. The van der Waals surface area contributed by atoms with E-state index in [0.29, 0.717) is 64.0 Å². The second kappa shape index (κ2) is 14.1. The summed E-state index contributed by atoms with van der Waals surface area (Å²) in [4.78, 5) is 45.3. The summed E-state index contributed by atoms with van der Waals surface area (Å²) in [6.45, 7) is 0. The van der Waals surface area contributed by atoms with Crippen LogP contribution in [0, 0.1) is 0 Å². The average Bonchev–Trinajstić information content (AvgIpc) is 3.45. The lowest BCUT2D eigenvalue weighted by Crippen LogP contribution is -2.30. The summed E-state index contributed by atoms with van der Waals surface area (Å²) in [5, 5.41) is 13.7. The first-order valence-corrected chi connectivity index (χ1v) is 13.5. The number of carbonyl (C=O) groups is 3. The molecule has 0 aliphatic carbocycles. The first-order valence-electron chi connectivity index (χ1n) is 13.2. The van der Waals surface area contributed by atoms with Gasteiger partial charge >= 0.3 is 6.09 Å². The SMILES string of the molecule is COC(=O)Nc1ccc2c(c1)NC(=O)CCCCC[C@H](NC(=O)/C=C/c1cc(Cl)ccc1N(N)/C=N\N)c1ncc-2[nH]1. The fourth-order valence-corrected chi connectivity index (χ4v) is 4.67. The average molecular weight is 594 g/mol. The molecular weight excluding hydrogens is 562 g/mol. The molecule has 4 rings (SSSR count).